The molecule has 0 radical (unpaired) electrons. The van der Waals surface area contributed by atoms with Gasteiger partial charge in [-0.1, -0.05) is 12.2 Å². The van der Waals surface area contributed by atoms with Crippen LogP contribution in [0.2, 0.25) is 0 Å². The van der Waals surface area contributed by atoms with E-state index in [-0.39, 0.29) is 48.0 Å². The molecule has 0 unspecified atom stereocenters. The number of nitrogens with zero attached hydrogens (tertiary/aromatic N) is 3. The van der Waals surface area contributed by atoms with E-state index >= 15 is 0 Å². The van der Waals surface area contributed by atoms with E-state index in [4.69, 9.17) is 9.47 Å². The molecule has 3 amide bonds. The SMILES string of the molecule is O=C(COc1ccc(C=NN2C(=O)[C@@H]3[C@H](C2=O)[C@H]2C=C[C@H]3C2)cc1I)N1CCOCC1. The van der Waals surface area contributed by atoms with Crippen molar-refractivity contribution in [2.24, 2.45) is 28.8 Å². The van der Waals surface area contributed by atoms with Crippen LogP contribution in [0.4, 0.5) is 0 Å². The molecule has 8 nitrogen and oxygen atoms in total. The zero-order chi connectivity index (χ0) is 21.5. The Labute approximate surface area is 193 Å². The van der Waals surface area contributed by atoms with Crippen molar-refractivity contribution in [3.05, 3.63) is 39.5 Å². The van der Waals surface area contributed by atoms with E-state index < -0.39 is 0 Å². The summed E-state index contributed by atoms with van der Waals surface area (Å²) in [7, 11) is 0. The smallest absolute Gasteiger partial charge is 0.260 e. The quantitative estimate of drug-likeness (QED) is 0.248. The van der Waals surface area contributed by atoms with E-state index in [0.717, 1.165) is 20.6 Å². The highest BCUT2D eigenvalue weighted by molar-refractivity contribution is 14.1. The Bertz CT molecular complexity index is 957. The molecule has 2 saturated heterocycles. The van der Waals surface area contributed by atoms with Gasteiger partial charge in [0.15, 0.2) is 6.61 Å². The van der Waals surface area contributed by atoms with Crippen molar-refractivity contribution in [2.45, 2.75) is 6.42 Å². The van der Waals surface area contributed by atoms with Crippen molar-refractivity contribution < 1.29 is 23.9 Å². The number of carbonyl (C=O) groups is 3. The number of rotatable bonds is 5. The molecule has 31 heavy (non-hydrogen) atoms. The Hall–Kier alpha value is -2.27. The number of carbonyl (C=O) groups excluding carboxylic acids is 3. The van der Waals surface area contributed by atoms with Crippen LogP contribution in [0.15, 0.2) is 35.5 Å². The highest BCUT2D eigenvalue weighted by atomic mass is 127. The van der Waals surface area contributed by atoms with Crippen molar-refractivity contribution in [3.8, 4) is 5.75 Å². The van der Waals surface area contributed by atoms with Gasteiger partial charge in [0.25, 0.3) is 17.7 Å². The highest BCUT2D eigenvalue weighted by Crippen LogP contribution is 2.52. The number of halogens is 1. The first-order valence-electron chi connectivity index (χ1n) is 10.4. The second kappa shape index (κ2) is 8.34. The van der Waals surface area contributed by atoms with Gasteiger partial charge < -0.3 is 14.4 Å². The van der Waals surface area contributed by atoms with Gasteiger partial charge in [-0.3, -0.25) is 14.4 Å². The van der Waals surface area contributed by atoms with Crippen LogP contribution in [0.5, 0.6) is 5.75 Å². The number of fused-ring (bicyclic) bond motifs is 5. The Morgan fingerprint density at radius 1 is 1.16 bits per heavy atom. The number of benzene rings is 1. The molecule has 2 bridgehead atoms. The van der Waals surface area contributed by atoms with Crippen LogP contribution in [0.1, 0.15) is 12.0 Å². The summed E-state index contributed by atoms with van der Waals surface area (Å²) in [6.45, 7) is 2.25. The van der Waals surface area contributed by atoms with Gasteiger partial charge >= 0.3 is 0 Å². The number of allylic oxidation sites excluding steroid dienone is 2. The third-order valence-electron chi connectivity index (χ3n) is 6.44. The van der Waals surface area contributed by atoms with E-state index in [1.807, 2.05) is 6.07 Å². The van der Waals surface area contributed by atoms with Gasteiger partial charge in [-0.15, -0.1) is 0 Å². The van der Waals surface area contributed by atoms with E-state index in [2.05, 4.69) is 39.8 Å². The molecule has 162 valence electrons. The van der Waals surface area contributed by atoms with Gasteiger partial charge in [-0.05, 0) is 64.6 Å². The van der Waals surface area contributed by atoms with E-state index in [9.17, 15) is 14.4 Å². The van der Waals surface area contributed by atoms with Crippen LogP contribution in [0.3, 0.4) is 0 Å². The summed E-state index contributed by atoms with van der Waals surface area (Å²) in [6.07, 6.45) is 6.55. The average molecular weight is 535 g/mol. The summed E-state index contributed by atoms with van der Waals surface area (Å²) in [5.41, 5.74) is 0.745. The molecule has 4 aliphatic rings. The number of morpholine rings is 1. The van der Waals surface area contributed by atoms with Gasteiger partial charge in [0.1, 0.15) is 5.75 Å². The number of hydrogen-bond acceptors (Lipinski definition) is 6. The van der Waals surface area contributed by atoms with Crippen molar-refractivity contribution in [3.63, 3.8) is 0 Å². The second-order valence-corrected chi connectivity index (χ2v) is 9.37. The van der Waals surface area contributed by atoms with Crippen molar-refractivity contribution in [1.29, 1.82) is 0 Å². The van der Waals surface area contributed by atoms with Gasteiger partial charge in [-0.2, -0.15) is 10.1 Å². The predicted octanol–water partition coefficient (Wildman–Crippen LogP) is 1.67. The highest BCUT2D eigenvalue weighted by Gasteiger charge is 2.59. The fraction of sp³-hybridized carbons (Fsp3) is 0.455. The molecular formula is C22H22IN3O5. The lowest BCUT2D eigenvalue weighted by Gasteiger charge is -2.26. The summed E-state index contributed by atoms with van der Waals surface area (Å²) in [4.78, 5) is 39.4. The van der Waals surface area contributed by atoms with Gasteiger partial charge in [0, 0.05) is 13.1 Å². The molecule has 0 aromatic heterocycles. The van der Waals surface area contributed by atoms with Crippen molar-refractivity contribution in [2.75, 3.05) is 32.9 Å². The zero-order valence-corrected chi connectivity index (χ0v) is 18.9. The van der Waals surface area contributed by atoms with Crippen LogP contribution in [0, 0.1) is 27.2 Å². The lowest BCUT2D eigenvalue weighted by atomic mass is 9.85. The Morgan fingerprint density at radius 2 is 1.84 bits per heavy atom. The van der Waals surface area contributed by atoms with Crippen molar-refractivity contribution in [1.82, 2.24) is 9.91 Å². The second-order valence-electron chi connectivity index (χ2n) is 8.20. The number of amides is 3. The number of hydrazone groups is 1. The van der Waals surface area contributed by atoms with Gasteiger partial charge in [0.2, 0.25) is 0 Å². The molecule has 0 N–H and O–H groups in total. The lowest BCUT2D eigenvalue weighted by molar-refractivity contribution is -0.140. The maximum atomic E-state index is 12.7. The number of hydrogen-bond donors (Lipinski definition) is 0. The summed E-state index contributed by atoms with van der Waals surface area (Å²) >= 11 is 2.13. The number of imide groups is 1. The first kappa shape index (κ1) is 20.6. The molecule has 2 heterocycles. The Balaban J connectivity index is 1.21. The Kier molecular flexibility index (Phi) is 5.55. The van der Waals surface area contributed by atoms with Crippen LogP contribution in [0.25, 0.3) is 0 Å². The topological polar surface area (TPSA) is 88.5 Å². The third kappa shape index (κ3) is 3.78. The molecule has 9 heteroatoms. The summed E-state index contributed by atoms with van der Waals surface area (Å²) < 4.78 is 11.8. The first-order valence-corrected chi connectivity index (χ1v) is 11.5. The van der Waals surface area contributed by atoms with Crippen LogP contribution in [-0.2, 0) is 19.1 Å². The molecule has 0 spiro atoms. The normalized spacial score (nSPS) is 29.3. The summed E-state index contributed by atoms with van der Waals surface area (Å²) in [5, 5.41) is 5.25. The van der Waals surface area contributed by atoms with Crippen LogP contribution in [-0.4, -0.2) is 66.8 Å². The van der Waals surface area contributed by atoms with Crippen LogP contribution >= 0.6 is 22.6 Å². The Morgan fingerprint density at radius 3 is 2.48 bits per heavy atom. The molecule has 2 aliphatic carbocycles. The van der Waals surface area contributed by atoms with E-state index in [1.165, 1.54) is 6.21 Å². The van der Waals surface area contributed by atoms with E-state index in [0.29, 0.717) is 32.1 Å². The molecular weight excluding hydrogens is 513 g/mol. The minimum atomic E-state index is -0.250. The molecule has 3 fully saturated rings. The van der Waals surface area contributed by atoms with Crippen LogP contribution < -0.4 is 4.74 Å². The van der Waals surface area contributed by atoms with Gasteiger partial charge in [0.05, 0.1) is 34.8 Å². The first-order chi connectivity index (χ1) is 15.0. The molecule has 1 aromatic rings. The zero-order valence-electron chi connectivity index (χ0n) is 16.8. The molecule has 5 rings (SSSR count). The number of ether oxygens (including phenoxy) is 2. The fourth-order valence-corrected chi connectivity index (χ4v) is 5.58. The molecule has 1 saturated carbocycles. The monoisotopic (exact) mass is 535 g/mol. The summed E-state index contributed by atoms with van der Waals surface area (Å²) in [6, 6.07) is 5.40. The predicted molar refractivity (Wildman–Crippen MR) is 119 cm³/mol. The minimum Gasteiger partial charge on any atom is -0.483 e. The van der Waals surface area contributed by atoms with E-state index in [1.54, 1.807) is 17.0 Å². The maximum Gasteiger partial charge on any atom is 0.260 e. The van der Waals surface area contributed by atoms with Gasteiger partial charge in [-0.25, -0.2) is 0 Å². The average Bonchev–Trinajstić information content (AvgIpc) is 3.46. The summed E-state index contributed by atoms with van der Waals surface area (Å²) in [5.74, 6) is -0.0130. The lowest BCUT2D eigenvalue weighted by Crippen LogP contribution is -2.43. The molecule has 2 aliphatic heterocycles. The fourth-order valence-electron chi connectivity index (χ4n) is 4.88. The molecule has 4 atom stereocenters. The third-order valence-corrected chi connectivity index (χ3v) is 7.28. The maximum absolute atomic E-state index is 12.7. The minimum absolute atomic E-state index is 0.0284. The largest absolute Gasteiger partial charge is 0.483 e. The standard InChI is InChI=1S/C22H22IN3O5/c23-16-9-13(1-4-17(16)31-12-18(27)25-5-7-30-8-6-25)11-24-26-21(28)19-14-2-3-15(10-14)20(19)22(26)29/h1-4,9,11,14-15,19-20H,5-8,10,12H2/t14-,15-,19-,20+/m0/s1. The van der Waals surface area contributed by atoms with Crippen molar-refractivity contribution >= 4 is 46.5 Å². The molecule has 1 aromatic carbocycles.